The Hall–Kier alpha value is 0. The van der Waals surface area contributed by atoms with Gasteiger partial charge in [-0.05, 0) is 100 Å². The van der Waals surface area contributed by atoms with Crippen molar-refractivity contribution in [3.63, 3.8) is 0 Å². The first-order chi connectivity index (χ1) is 34.9. The molecule has 0 aromatic rings. The molecule has 0 aliphatic heterocycles. The van der Waals surface area contributed by atoms with Crippen LogP contribution in [0.15, 0.2) is 0 Å². The zero-order valence-corrected chi connectivity index (χ0v) is 61.6. The predicted molar refractivity (Wildman–Crippen MR) is 367 cm³/mol. The molecule has 0 radical (unpaired) electrons. The van der Waals surface area contributed by atoms with Gasteiger partial charge in [0, 0.05) is 0 Å². The van der Waals surface area contributed by atoms with Crippen LogP contribution in [0.1, 0.15) is 415 Å². The summed E-state index contributed by atoms with van der Waals surface area (Å²) in [5.74, 6) is 9.24. The molecule has 3 aliphatic rings. The molecule has 0 aromatic carbocycles. The van der Waals surface area contributed by atoms with E-state index in [0.29, 0.717) is 21.7 Å². The van der Waals surface area contributed by atoms with Crippen LogP contribution in [0, 0.1) is 80.8 Å². The Kier molecular flexibility index (Phi) is 74.3. The van der Waals surface area contributed by atoms with E-state index in [2.05, 4.69) is 235 Å². The van der Waals surface area contributed by atoms with Crippen LogP contribution in [0.2, 0.25) is 0 Å². The molecule has 0 aromatic heterocycles. The van der Waals surface area contributed by atoms with Crippen LogP contribution >= 0.6 is 0 Å². The second-order valence-electron chi connectivity index (χ2n) is 30.3. The molecule has 3 fully saturated rings. The predicted octanol–water partition coefficient (Wildman–Crippen LogP) is 29.6. The molecule has 3 saturated carbocycles. The largest absolute Gasteiger partial charge is 0.0654 e. The van der Waals surface area contributed by atoms with Crippen molar-refractivity contribution in [3.05, 3.63) is 0 Å². The average molecular weight is 1080 g/mol. The first kappa shape index (κ1) is 92.5. The number of hydrogen-bond acceptors (Lipinski definition) is 0. The van der Waals surface area contributed by atoms with Crippen molar-refractivity contribution in [2.24, 2.45) is 80.8 Å². The first-order valence-electron chi connectivity index (χ1n) is 34.9. The maximum atomic E-state index is 2.36. The second kappa shape index (κ2) is 61.1. The van der Waals surface area contributed by atoms with Gasteiger partial charge >= 0.3 is 0 Å². The highest BCUT2D eigenvalue weighted by Crippen LogP contribution is 2.36. The highest BCUT2D eigenvalue weighted by atomic mass is 14.3. The third kappa shape index (κ3) is 87.8. The van der Waals surface area contributed by atoms with Gasteiger partial charge < -0.3 is 0 Å². The van der Waals surface area contributed by atoms with E-state index in [0.717, 1.165) is 59.2 Å². The summed E-state index contributed by atoms with van der Waals surface area (Å²) in [5, 5.41) is 0. The fourth-order valence-corrected chi connectivity index (χ4v) is 7.86. The summed E-state index contributed by atoms with van der Waals surface area (Å²) in [6.07, 6.45) is 39.4. The minimum atomic E-state index is 0.500. The summed E-state index contributed by atoms with van der Waals surface area (Å²) in [4.78, 5) is 0. The van der Waals surface area contributed by atoms with Crippen LogP contribution in [0.3, 0.4) is 0 Å². The zero-order chi connectivity index (χ0) is 61.6. The standard InChI is InChI=1S/2C7H14.8C7H16.C6H12/c1-7(2)5-3-4-6-7;1-7-5-3-2-4-6-7;1-6(2)7(3,4)5;1-6(2)5-7(3)4;2*1-5-7(3,4)6-2;1-5-7(4)6(2)3;1-4-5-6-7(2)3;1-4-6-7(3)5-2;1-4-7(5-2)6-3;1-6-4-2-3-5-6/h3-6H2,1-2H3;7H,2-6H2,1H3;6H,1-5H3;6-7H,5H2,1-4H3;2*5-6H2,1-4H3;6-7H,5H2,1-4H3;3*7H,4-6H2,1-3H3;6H,2-5H2,1H3/t;;;;;;7-;;7-;;/m......0.1../s1. The summed E-state index contributed by atoms with van der Waals surface area (Å²) in [6, 6.07) is 0. The lowest BCUT2D eigenvalue weighted by Gasteiger charge is -2.22. The molecule has 0 amide bonds. The Morgan fingerprint density at radius 1 is 0.408 bits per heavy atom. The minimum absolute atomic E-state index is 0.500. The highest BCUT2D eigenvalue weighted by Gasteiger charge is 2.22. The van der Waals surface area contributed by atoms with E-state index in [1.54, 1.807) is 0 Å². The van der Waals surface area contributed by atoms with E-state index in [1.807, 2.05) is 0 Å². The lowest BCUT2D eigenvalue weighted by atomic mass is 9.84. The van der Waals surface area contributed by atoms with Gasteiger partial charge in [0.25, 0.3) is 0 Å². The molecule has 0 nitrogen and oxygen atoms in total. The Bertz CT molecular complexity index is 933. The Morgan fingerprint density at radius 3 is 0.803 bits per heavy atom. The van der Waals surface area contributed by atoms with Crippen molar-refractivity contribution >= 4 is 0 Å². The molecular weight excluding hydrogens is 913 g/mol. The lowest BCUT2D eigenvalue weighted by Crippen LogP contribution is -2.12. The van der Waals surface area contributed by atoms with Crippen LogP contribution in [-0.2, 0) is 0 Å². The summed E-state index contributed by atoms with van der Waals surface area (Å²) >= 11 is 0. The maximum absolute atomic E-state index is 2.36. The van der Waals surface area contributed by atoms with E-state index in [1.165, 1.54) is 180 Å². The third-order valence-electron chi connectivity index (χ3n) is 18.1. The van der Waals surface area contributed by atoms with Crippen molar-refractivity contribution in [2.75, 3.05) is 0 Å². The van der Waals surface area contributed by atoms with Gasteiger partial charge in [-0.2, -0.15) is 0 Å². The molecule has 472 valence electrons. The molecular formula is C76H168. The first-order valence-corrected chi connectivity index (χ1v) is 34.9. The zero-order valence-electron chi connectivity index (χ0n) is 61.6. The van der Waals surface area contributed by atoms with Crippen LogP contribution in [0.5, 0.6) is 0 Å². The number of unbranched alkanes of at least 4 members (excludes halogenated alkanes) is 1. The second-order valence-corrected chi connectivity index (χ2v) is 30.3. The normalized spacial score (nSPS) is 15.9. The summed E-state index contributed by atoms with van der Waals surface area (Å²) in [7, 11) is 0. The van der Waals surface area contributed by atoms with Crippen LogP contribution < -0.4 is 0 Å². The van der Waals surface area contributed by atoms with E-state index in [-0.39, 0.29) is 0 Å². The molecule has 0 unspecified atom stereocenters. The lowest BCUT2D eigenvalue weighted by molar-refractivity contribution is 0.283. The van der Waals surface area contributed by atoms with Gasteiger partial charge in [-0.15, -0.1) is 0 Å². The average Bonchev–Trinajstić information content (AvgIpc) is 4.02. The molecule has 0 bridgehead atoms. The summed E-state index contributed by atoms with van der Waals surface area (Å²) in [6.45, 7) is 77.4. The summed E-state index contributed by atoms with van der Waals surface area (Å²) < 4.78 is 0. The van der Waals surface area contributed by atoms with Crippen molar-refractivity contribution in [3.8, 4) is 0 Å². The van der Waals surface area contributed by atoms with Gasteiger partial charge in [-0.1, -0.05) is 396 Å². The van der Waals surface area contributed by atoms with Crippen molar-refractivity contribution in [1.82, 2.24) is 0 Å². The van der Waals surface area contributed by atoms with E-state index in [9.17, 15) is 0 Å². The SMILES string of the molecule is CC(C)C(C)(C)C.CC(C)CC(C)C.CC1(C)CCCC1.CC1CCCC1.CC1CCCCC1.CCC(C)(C)CC.CCC(C)(C)CC.CCC(CC)CC.CCCCC(C)C.CCC[C@H](C)CC.CC[C@H](C)C(C)C. The molecule has 2 atom stereocenters. The van der Waals surface area contributed by atoms with Crippen LogP contribution in [0.25, 0.3) is 0 Å². The van der Waals surface area contributed by atoms with Gasteiger partial charge in [0.05, 0.1) is 0 Å². The monoisotopic (exact) mass is 1080 g/mol. The molecule has 0 heteroatoms. The molecule has 0 heterocycles. The Balaban J connectivity index is -0.000000112. The molecule has 0 saturated heterocycles. The quantitative estimate of drug-likeness (QED) is 0.136. The fourth-order valence-electron chi connectivity index (χ4n) is 7.86. The van der Waals surface area contributed by atoms with Gasteiger partial charge in [-0.25, -0.2) is 0 Å². The third-order valence-corrected chi connectivity index (χ3v) is 18.1. The molecule has 76 heavy (non-hydrogen) atoms. The van der Waals surface area contributed by atoms with E-state index >= 15 is 0 Å². The van der Waals surface area contributed by atoms with Crippen molar-refractivity contribution < 1.29 is 0 Å². The Morgan fingerprint density at radius 2 is 0.737 bits per heavy atom. The highest BCUT2D eigenvalue weighted by molar-refractivity contribution is 4.74. The van der Waals surface area contributed by atoms with Gasteiger partial charge in [-0.3, -0.25) is 0 Å². The number of rotatable bonds is 17. The van der Waals surface area contributed by atoms with Gasteiger partial charge in [0.1, 0.15) is 0 Å². The number of hydrogen-bond donors (Lipinski definition) is 0. The molecule has 3 aliphatic carbocycles. The van der Waals surface area contributed by atoms with E-state index in [4.69, 9.17) is 0 Å². The smallest absolute Gasteiger partial charge is 0.0354 e. The van der Waals surface area contributed by atoms with Crippen molar-refractivity contribution in [1.29, 1.82) is 0 Å². The fraction of sp³-hybridized carbons (Fsp3) is 1.00. The molecule has 3 rings (SSSR count). The molecule has 0 N–H and O–H groups in total. The topological polar surface area (TPSA) is 0 Å². The maximum Gasteiger partial charge on any atom is -0.0354 e. The van der Waals surface area contributed by atoms with Crippen molar-refractivity contribution in [2.45, 2.75) is 415 Å². The van der Waals surface area contributed by atoms with Gasteiger partial charge in [0.2, 0.25) is 0 Å². The minimum Gasteiger partial charge on any atom is -0.0654 e. The molecule has 0 spiro atoms. The van der Waals surface area contributed by atoms with Crippen LogP contribution in [-0.4, -0.2) is 0 Å². The van der Waals surface area contributed by atoms with E-state index < -0.39 is 0 Å². The van der Waals surface area contributed by atoms with Gasteiger partial charge in [0.15, 0.2) is 0 Å². The Labute approximate surface area is 493 Å². The van der Waals surface area contributed by atoms with Crippen LogP contribution in [0.4, 0.5) is 0 Å². The summed E-state index contributed by atoms with van der Waals surface area (Å²) in [5.41, 5.74) is 2.36.